The third kappa shape index (κ3) is 2.96. The molecule has 29 heavy (non-hydrogen) atoms. The summed E-state index contributed by atoms with van der Waals surface area (Å²) in [5.74, 6) is -1.01. The Morgan fingerprint density at radius 2 is 1.72 bits per heavy atom. The van der Waals surface area contributed by atoms with Crippen LogP contribution in [0.3, 0.4) is 0 Å². The molecule has 3 nitrogen and oxygen atoms in total. The number of hydrogen-bond donors (Lipinski definition) is 1. The minimum Gasteiger partial charge on any atom is -0.278 e. The second-order valence-electron chi connectivity index (χ2n) is 6.71. The van der Waals surface area contributed by atoms with E-state index in [9.17, 15) is 8.78 Å². The molecule has 0 unspecified atom stereocenters. The molecule has 7 heteroatoms. The lowest BCUT2D eigenvalue weighted by molar-refractivity contribution is 0.628. The molecule has 1 N–H and O–H groups in total. The number of pyridine rings is 1. The van der Waals surface area contributed by atoms with Crippen LogP contribution in [0.5, 0.6) is 0 Å². The fraction of sp³-hybridized carbons (Fsp3) is 0. The number of aromatic nitrogens is 3. The number of nitrogens with zero attached hydrogens (tertiary/aromatic N) is 2. The highest BCUT2D eigenvalue weighted by Crippen LogP contribution is 2.37. The molecule has 2 heterocycles. The van der Waals surface area contributed by atoms with Gasteiger partial charge in [0.25, 0.3) is 0 Å². The average molecular weight is 402 g/mol. The van der Waals surface area contributed by atoms with Crippen molar-refractivity contribution in [3.8, 4) is 22.4 Å². The van der Waals surface area contributed by atoms with E-state index in [0.29, 0.717) is 16.8 Å². The molecule has 0 fully saturated rings. The molecule has 0 aliphatic heterocycles. The first-order valence-corrected chi connectivity index (χ1v) is 9.17. The molecule has 5 aromatic rings. The lowest BCUT2D eigenvalue weighted by Crippen LogP contribution is -2.07. The second kappa shape index (κ2) is 6.67. The highest BCUT2D eigenvalue weighted by atomic mass is 35.5. The Kier molecular flexibility index (Phi) is 4.10. The number of hydrogen-bond acceptors (Lipinski definition) is 2. The number of nitrogens with one attached hydrogen (secondary N) is 1. The largest absolute Gasteiger partial charge is 0.278 e. The van der Waals surface area contributed by atoms with Crippen LogP contribution >= 0.6 is 11.6 Å². The molecular weight excluding hydrogens is 391 g/mol. The van der Waals surface area contributed by atoms with E-state index in [4.69, 9.17) is 24.4 Å². The van der Waals surface area contributed by atoms with Gasteiger partial charge >= 0.3 is 0 Å². The van der Waals surface area contributed by atoms with Crippen LogP contribution in [0.25, 0.3) is 44.2 Å². The Morgan fingerprint density at radius 3 is 2.52 bits per heavy atom. The molecule has 0 saturated heterocycles. The van der Waals surface area contributed by atoms with Crippen molar-refractivity contribution in [3.63, 3.8) is 0 Å². The Hall–Kier alpha value is -3.25. The van der Waals surface area contributed by atoms with Gasteiger partial charge in [-0.3, -0.25) is 5.10 Å². The van der Waals surface area contributed by atoms with Gasteiger partial charge in [0.2, 0.25) is 0 Å². The summed E-state index contributed by atoms with van der Waals surface area (Å²) in [5, 5.41) is 8.80. The number of rotatable bonds is 2. The van der Waals surface area contributed by atoms with Crippen LogP contribution in [0.4, 0.5) is 8.78 Å². The lowest BCUT2D eigenvalue weighted by atomic mass is 9.92. The molecular formula is C22H11BClF2N3. The summed E-state index contributed by atoms with van der Waals surface area (Å²) in [6.07, 6.45) is 1.72. The maximum absolute atomic E-state index is 14.0. The van der Waals surface area contributed by atoms with Gasteiger partial charge in [-0.15, -0.1) is 0 Å². The van der Waals surface area contributed by atoms with E-state index in [0.717, 1.165) is 27.4 Å². The maximum atomic E-state index is 14.0. The molecule has 0 aliphatic carbocycles. The van der Waals surface area contributed by atoms with Gasteiger partial charge in [-0.2, -0.15) is 5.10 Å². The van der Waals surface area contributed by atoms with Gasteiger partial charge in [-0.05, 0) is 47.5 Å². The van der Waals surface area contributed by atoms with Crippen molar-refractivity contribution in [2.75, 3.05) is 0 Å². The van der Waals surface area contributed by atoms with Crippen LogP contribution in [0, 0.1) is 11.6 Å². The summed E-state index contributed by atoms with van der Waals surface area (Å²) in [5.41, 5.74) is 4.27. The molecule has 138 valence electrons. The SMILES string of the molecule is [B]c1ccc(-c2cc(-c3ccc(F)c(Cl)c3)c3c(ccc4[nH]ncc43)n2)cc1F. The van der Waals surface area contributed by atoms with Crippen LogP contribution in [-0.2, 0) is 0 Å². The minimum atomic E-state index is -0.513. The zero-order valence-corrected chi connectivity index (χ0v) is 15.6. The summed E-state index contributed by atoms with van der Waals surface area (Å²) < 4.78 is 27.8. The number of H-pyrrole nitrogens is 1. The molecule has 2 radical (unpaired) electrons. The first kappa shape index (κ1) is 17.8. The summed E-state index contributed by atoms with van der Waals surface area (Å²) in [6, 6.07) is 14.7. The van der Waals surface area contributed by atoms with Gasteiger partial charge in [0.05, 0.1) is 27.9 Å². The van der Waals surface area contributed by atoms with Gasteiger partial charge in [-0.1, -0.05) is 35.3 Å². The van der Waals surface area contributed by atoms with Crippen molar-refractivity contribution in [3.05, 3.63) is 77.5 Å². The van der Waals surface area contributed by atoms with Crippen molar-refractivity contribution in [2.24, 2.45) is 0 Å². The molecule has 0 saturated carbocycles. The normalized spacial score (nSPS) is 11.4. The number of halogens is 3. The highest BCUT2D eigenvalue weighted by molar-refractivity contribution is 6.32. The Labute approximate surface area is 170 Å². The monoisotopic (exact) mass is 401 g/mol. The van der Waals surface area contributed by atoms with Gasteiger partial charge in [0, 0.05) is 16.3 Å². The van der Waals surface area contributed by atoms with Gasteiger partial charge in [0.1, 0.15) is 19.5 Å². The van der Waals surface area contributed by atoms with Crippen molar-refractivity contribution in [2.45, 2.75) is 0 Å². The van der Waals surface area contributed by atoms with Crippen LogP contribution in [0.15, 0.2) is 60.8 Å². The molecule has 5 rings (SSSR count). The summed E-state index contributed by atoms with van der Waals surface area (Å²) in [4.78, 5) is 4.72. The average Bonchev–Trinajstić information content (AvgIpc) is 3.20. The van der Waals surface area contributed by atoms with Gasteiger partial charge in [-0.25, -0.2) is 13.8 Å². The van der Waals surface area contributed by atoms with Crippen molar-refractivity contribution in [1.29, 1.82) is 0 Å². The number of aromatic amines is 1. The van der Waals surface area contributed by atoms with Crippen LogP contribution in [-0.4, -0.2) is 23.0 Å². The van der Waals surface area contributed by atoms with Gasteiger partial charge < -0.3 is 0 Å². The van der Waals surface area contributed by atoms with E-state index in [1.54, 1.807) is 24.4 Å². The third-order valence-corrected chi connectivity index (χ3v) is 5.21. The molecule has 0 aliphatic rings. The first-order valence-electron chi connectivity index (χ1n) is 8.79. The quantitative estimate of drug-likeness (QED) is 0.415. The van der Waals surface area contributed by atoms with Crippen LogP contribution in [0.2, 0.25) is 5.02 Å². The zero-order valence-electron chi connectivity index (χ0n) is 14.9. The minimum absolute atomic E-state index is 0.0203. The van der Waals surface area contributed by atoms with Crippen LogP contribution in [0.1, 0.15) is 0 Å². The van der Waals surface area contributed by atoms with E-state index < -0.39 is 11.6 Å². The molecule has 0 amide bonds. The van der Waals surface area contributed by atoms with Crippen molar-refractivity contribution < 1.29 is 8.78 Å². The Morgan fingerprint density at radius 1 is 0.897 bits per heavy atom. The maximum Gasteiger partial charge on any atom is 0.141 e. The zero-order chi connectivity index (χ0) is 20.1. The Balaban J connectivity index is 1.86. The van der Waals surface area contributed by atoms with Crippen molar-refractivity contribution >= 4 is 46.7 Å². The standard InChI is InChI=1S/C22H11BClF2N3/c23-15-3-1-12(8-18(15)26)21-9-13(11-2-4-17(25)16(24)7-11)22-14-10-27-29-19(14)5-6-20(22)28-21/h1-10H,(H,27,29). The van der Waals surface area contributed by atoms with Crippen molar-refractivity contribution in [1.82, 2.24) is 15.2 Å². The van der Waals surface area contributed by atoms with E-state index in [-0.39, 0.29) is 10.5 Å². The number of fused-ring (bicyclic) bond motifs is 3. The molecule has 0 bridgehead atoms. The fourth-order valence-electron chi connectivity index (χ4n) is 3.48. The van der Waals surface area contributed by atoms with Crippen LogP contribution < -0.4 is 5.46 Å². The second-order valence-corrected chi connectivity index (χ2v) is 7.12. The summed E-state index contributed by atoms with van der Waals surface area (Å²) in [7, 11) is 5.60. The fourth-order valence-corrected chi connectivity index (χ4v) is 3.66. The van der Waals surface area contributed by atoms with Gasteiger partial charge in [0.15, 0.2) is 0 Å². The van der Waals surface area contributed by atoms with E-state index in [2.05, 4.69) is 10.2 Å². The summed E-state index contributed by atoms with van der Waals surface area (Å²) in [6.45, 7) is 0. The topological polar surface area (TPSA) is 41.6 Å². The molecule has 0 atom stereocenters. The van der Waals surface area contributed by atoms with E-state index >= 15 is 0 Å². The number of benzene rings is 3. The predicted octanol–water partition coefficient (Wildman–Crippen LogP) is 5.17. The summed E-state index contributed by atoms with van der Waals surface area (Å²) >= 11 is 6.03. The lowest BCUT2D eigenvalue weighted by Gasteiger charge is -2.12. The van der Waals surface area contributed by atoms with E-state index in [1.165, 1.54) is 18.2 Å². The van der Waals surface area contributed by atoms with E-state index in [1.807, 2.05) is 18.2 Å². The first-order chi connectivity index (χ1) is 14.0. The molecule has 3 aromatic carbocycles. The highest BCUT2D eigenvalue weighted by Gasteiger charge is 2.15. The smallest absolute Gasteiger partial charge is 0.141 e. The molecule has 0 spiro atoms. The molecule has 2 aromatic heterocycles. The predicted molar refractivity (Wildman–Crippen MR) is 113 cm³/mol. The third-order valence-electron chi connectivity index (χ3n) is 4.92. The Bertz CT molecular complexity index is 1410.